The molecule has 1 aromatic carbocycles. The summed E-state index contributed by atoms with van der Waals surface area (Å²) in [5, 5.41) is 8.99. The number of hydrogen-bond acceptors (Lipinski definition) is 4. The van der Waals surface area contributed by atoms with Gasteiger partial charge < -0.3 is 14.7 Å². The zero-order valence-corrected chi connectivity index (χ0v) is 9.40. The number of carbonyl (C=O) groups is 1. The summed E-state index contributed by atoms with van der Waals surface area (Å²) in [6.07, 6.45) is 3.60. The van der Waals surface area contributed by atoms with E-state index < -0.39 is 6.23 Å². The van der Waals surface area contributed by atoms with Crippen molar-refractivity contribution in [3.8, 4) is 0 Å². The lowest BCUT2D eigenvalue weighted by Gasteiger charge is -2.14. The van der Waals surface area contributed by atoms with Crippen molar-refractivity contribution in [1.82, 2.24) is 4.90 Å². The van der Waals surface area contributed by atoms with Gasteiger partial charge in [-0.05, 0) is 11.6 Å². The van der Waals surface area contributed by atoms with Gasteiger partial charge in [0.05, 0.1) is 6.61 Å². The first-order chi connectivity index (χ1) is 8.33. The molecule has 2 rings (SSSR count). The van der Waals surface area contributed by atoms with Crippen LogP contribution < -0.4 is 0 Å². The fraction of sp³-hybridized carbons (Fsp3) is 0.308. The maximum Gasteiger partial charge on any atom is 0.186 e. The molecule has 4 heteroatoms. The van der Waals surface area contributed by atoms with Crippen LogP contribution in [0.3, 0.4) is 0 Å². The van der Waals surface area contributed by atoms with E-state index in [4.69, 9.17) is 9.84 Å². The molecular weight excluding hydrogens is 218 g/mol. The highest BCUT2D eigenvalue weighted by atomic mass is 16.5. The van der Waals surface area contributed by atoms with Crippen LogP contribution in [0.15, 0.2) is 36.5 Å². The van der Waals surface area contributed by atoms with E-state index in [0.29, 0.717) is 6.54 Å². The van der Waals surface area contributed by atoms with Gasteiger partial charge in [0.25, 0.3) is 0 Å². The molecule has 2 atom stereocenters. The Balaban J connectivity index is 2.03. The lowest BCUT2D eigenvalue weighted by molar-refractivity contribution is -0.122. The van der Waals surface area contributed by atoms with E-state index >= 15 is 0 Å². The molecule has 1 aromatic rings. The number of rotatable bonds is 4. The molecule has 1 aliphatic heterocycles. The van der Waals surface area contributed by atoms with Gasteiger partial charge in [0, 0.05) is 12.7 Å². The maximum atomic E-state index is 10.8. The Kier molecular flexibility index (Phi) is 3.90. The quantitative estimate of drug-likeness (QED) is 0.784. The van der Waals surface area contributed by atoms with E-state index in [1.165, 1.54) is 0 Å². The minimum absolute atomic E-state index is 0.0694. The van der Waals surface area contributed by atoms with Crippen LogP contribution in [0.5, 0.6) is 0 Å². The minimum Gasteiger partial charge on any atom is -0.394 e. The van der Waals surface area contributed by atoms with Crippen molar-refractivity contribution < 1.29 is 14.6 Å². The zero-order chi connectivity index (χ0) is 12.1. The number of aliphatic hydroxyl groups is 1. The van der Waals surface area contributed by atoms with Crippen LogP contribution in [0.2, 0.25) is 0 Å². The van der Waals surface area contributed by atoms with Gasteiger partial charge in [0.2, 0.25) is 0 Å². The zero-order valence-electron chi connectivity index (χ0n) is 9.40. The third-order valence-electron chi connectivity index (χ3n) is 2.65. The summed E-state index contributed by atoms with van der Waals surface area (Å²) in [5.74, 6) is 0. The molecule has 1 fully saturated rings. The van der Waals surface area contributed by atoms with E-state index in [9.17, 15) is 4.79 Å². The summed E-state index contributed by atoms with van der Waals surface area (Å²) < 4.78 is 5.32. The highest BCUT2D eigenvalue weighted by molar-refractivity contribution is 5.57. The Labute approximate surface area is 100 Å². The summed E-state index contributed by atoms with van der Waals surface area (Å²) in [6.45, 7) is 0.462. The first-order valence-electron chi connectivity index (χ1n) is 5.54. The maximum absolute atomic E-state index is 10.8. The monoisotopic (exact) mass is 233 g/mol. The Bertz CT molecular complexity index is 391. The van der Waals surface area contributed by atoms with Gasteiger partial charge in [-0.1, -0.05) is 30.3 Å². The van der Waals surface area contributed by atoms with Crippen LogP contribution in [0.25, 0.3) is 6.08 Å². The Hall–Kier alpha value is -1.65. The highest BCUT2D eigenvalue weighted by Gasteiger charge is 2.29. The molecule has 0 aromatic heterocycles. The summed E-state index contributed by atoms with van der Waals surface area (Å²) in [6, 6.07) is 9.81. The van der Waals surface area contributed by atoms with Gasteiger partial charge in [-0.2, -0.15) is 0 Å². The summed E-state index contributed by atoms with van der Waals surface area (Å²) in [4.78, 5) is 12.6. The Morgan fingerprint density at radius 3 is 2.82 bits per heavy atom. The SMILES string of the molecule is O=CC1OC(CO)CN1C=Cc1ccccc1. The number of ether oxygens (including phenoxy) is 1. The molecule has 90 valence electrons. The third-order valence-corrected chi connectivity index (χ3v) is 2.65. The van der Waals surface area contributed by atoms with E-state index in [-0.39, 0.29) is 12.7 Å². The number of nitrogens with zero attached hydrogens (tertiary/aromatic N) is 1. The summed E-state index contributed by atoms with van der Waals surface area (Å²) >= 11 is 0. The molecule has 0 bridgehead atoms. The highest BCUT2D eigenvalue weighted by Crippen LogP contribution is 2.15. The van der Waals surface area contributed by atoms with Gasteiger partial charge in [-0.25, -0.2) is 0 Å². The van der Waals surface area contributed by atoms with Crippen molar-refractivity contribution in [2.45, 2.75) is 12.3 Å². The molecule has 1 N–H and O–H groups in total. The van der Waals surface area contributed by atoms with Crippen LogP contribution in [0, 0.1) is 0 Å². The van der Waals surface area contributed by atoms with E-state index in [2.05, 4.69) is 0 Å². The molecular formula is C13H15NO3. The number of benzene rings is 1. The number of aldehydes is 1. The molecule has 1 heterocycles. The van der Waals surface area contributed by atoms with Crippen molar-refractivity contribution in [1.29, 1.82) is 0 Å². The smallest absolute Gasteiger partial charge is 0.186 e. The van der Waals surface area contributed by atoms with Crippen LogP contribution in [0.1, 0.15) is 5.56 Å². The van der Waals surface area contributed by atoms with Crippen molar-refractivity contribution >= 4 is 12.4 Å². The van der Waals surface area contributed by atoms with Crippen molar-refractivity contribution in [2.75, 3.05) is 13.2 Å². The van der Waals surface area contributed by atoms with Gasteiger partial charge in [0.1, 0.15) is 6.10 Å². The Morgan fingerprint density at radius 2 is 2.18 bits per heavy atom. The molecule has 0 aliphatic carbocycles. The molecule has 17 heavy (non-hydrogen) atoms. The average molecular weight is 233 g/mol. The fourth-order valence-corrected chi connectivity index (χ4v) is 1.76. The van der Waals surface area contributed by atoms with Crippen molar-refractivity contribution in [2.24, 2.45) is 0 Å². The van der Waals surface area contributed by atoms with Gasteiger partial charge in [-0.3, -0.25) is 4.79 Å². The van der Waals surface area contributed by atoms with Crippen LogP contribution >= 0.6 is 0 Å². The fourth-order valence-electron chi connectivity index (χ4n) is 1.76. The molecule has 0 amide bonds. The number of carbonyl (C=O) groups excluding carboxylic acids is 1. The summed E-state index contributed by atoms with van der Waals surface area (Å²) in [7, 11) is 0. The van der Waals surface area contributed by atoms with Gasteiger partial charge in [0.15, 0.2) is 12.5 Å². The lowest BCUT2D eigenvalue weighted by Crippen LogP contribution is -2.26. The predicted molar refractivity (Wildman–Crippen MR) is 64.0 cm³/mol. The molecule has 2 unspecified atom stereocenters. The van der Waals surface area contributed by atoms with Crippen LogP contribution in [-0.2, 0) is 9.53 Å². The second-order valence-electron chi connectivity index (χ2n) is 3.89. The van der Waals surface area contributed by atoms with E-state index in [1.807, 2.05) is 42.6 Å². The topological polar surface area (TPSA) is 49.8 Å². The van der Waals surface area contributed by atoms with Gasteiger partial charge in [-0.15, -0.1) is 0 Å². The minimum atomic E-state index is -0.591. The van der Waals surface area contributed by atoms with Crippen molar-refractivity contribution in [3.63, 3.8) is 0 Å². The molecule has 0 radical (unpaired) electrons. The Morgan fingerprint density at radius 1 is 1.41 bits per heavy atom. The molecule has 4 nitrogen and oxygen atoms in total. The normalized spacial score (nSPS) is 24.4. The van der Waals surface area contributed by atoms with E-state index in [1.54, 1.807) is 4.90 Å². The van der Waals surface area contributed by atoms with Crippen LogP contribution in [-0.4, -0.2) is 41.8 Å². The molecule has 0 spiro atoms. The predicted octanol–water partition coefficient (Wildman–Crippen LogP) is 0.875. The lowest BCUT2D eigenvalue weighted by atomic mass is 10.2. The molecule has 0 saturated carbocycles. The van der Waals surface area contributed by atoms with Gasteiger partial charge >= 0.3 is 0 Å². The molecule has 1 saturated heterocycles. The largest absolute Gasteiger partial charge is 0.394 e. The average Bonchev–Trinajstić information content (AvgIpc) is 2.80. The molecule has 1 aliphatic rings. The second kappa shape index (κ2) is 5.61. The first-order valence-corrected chi connectivity index (χ1v) is 5.54. The van der Waals surface area contributed by atoms with Crippen molar-refractivity contribution in [3.05, 3.63) is 42.1 Å². The first kappa shape index (κ1) is 11.8. The summed E-state index contributed by atoms with van der Waals surface area (Å²) in [5.41, 5.74) is 1.06. The third kappa shape index (κ3) is 2.93. The van der Waals surface area contributed by atoms with Crippen LogP contribution in [0.4, 0.5) is 0 Å². The number of aliphatic hydroxyl groups excluding tert-OH is 1. The standard InChI is InChI=1S/C13H15NO3/c15-9-12-8-14(13(10-16)17-12)7-6-11-4-2-1-3-5-11/h1-7,10,12-13,15H,8-9H2. The van der Waals surface area contributed by atoms with E-state index in [0.717, 1.165) is 11.8 Å². The second-order valence-corrected chi connectivity index (χ2v) is 3.89. The number of hydrogen-bond donors (Lipinski definition) is 1.